The molecule has 2 fully saturated rings. The van der Waals surface area contributed by atoms with E-state index in [9.17, 15) is 10.1 Å². The maximum absolute atomic E-state index is 11.0. The van der Waals surface area contributed by atoms with Crippen molar-refractivity contribution in [3.05, 3.63) is 33.9 Å². The number of hydrogen-bond acceptors (Lipinski definition) is 3. The molecule has 21 heavy (non-hydrogen) atoms. The lowest BCUT2D eigenvalue weighted by Gasteiger charge is -2.38. The van der Waals surface area contributed by atoms with Crippen LogP contribution in [-0.2, 0) is 0 Å². The van der Waals surface area contributed by atoms with Gasteiger partial charge < -0.3 is 5.32 Å². The Morgan fingerprint density at radius 2 is 1.86 bits per heavy atom. The van der Waals surface area contributed by atoms with E-state index in [2.05, 4.69) is 5.32 Å². The van der Waals surface area contributed by atoms with Gasteiger partial charge in [0.15, 0.2) is 0 Å². The van der Waals surface area contributed by atoms with Crippen LogP contribution < -0.4 is 5.32 Å². The van der Waals surface area contributed by atoms with Gasteiger partial charge in [-0.2, -0.15) is 0 Å². The van der Waals surface area contributed by atoms with Gasteiger partial charge in [-0.05, 0) is 56.9 Å². The van der Waals surface area contributed by atoms with Gasteiger partial charge in [0.05, 0.1) is 4.92 Å². The lowest BCUT2D eigenvalue weighted by Crippen LogP contribution is -2.31. The molecule has 2 aliphatic carbocycles. The Labute approximate surface area is 126 Å². The van der Waals surface area contributed by atoms with E-state index in [0.29, 0.717) is 11.5 Å². The number of nitrogens with zero attached hydrogens (tertiary/aromatic N) is 1. The minimum absolute atomic E-state index is 0.211. The van der Waals surface area contributed by atoms with E-state index in [0.717, 1.165) is 11.3 Å². The average Bonchev–Trinajstić information content (AvgIpc) is 2.92. The molecular formula is C17H24N2O2. The lowest BCUT2D eigenvalue weighted by atomic mass is 9.71. The SMILES string of the molecule is Cc1c(NC2CCC3(CCCC3)CC2)cccc1[N+](=O)[O-]. The Morgan fingerprint density at radius 1 is 1.19 bits per heavy atom. The van der Waals surface area contributed by atoms with Gasteiger partial charge in [-0.1, -0.05) is 18.9 Å². The smallest absolute Gasteiger partial charge is 0.274 e. The molecule has 4 heteroatoms. The number of anilines is 1. The molecule has 0 aromatic heterocycles. The third kappa shape index (κ3) is 2.89. The molecule has 3 rings (SSSR count). The Kier molecular flexibility index (Phi) is 3.87. The quantitative estimate of drug-likeness (QED) is 0.641. The molecule has 0 bridgehead atoms. The molecule has 0 atom stereocenters. The van der Waals surface area contributed by atoms with Crippen molar-refractivity contribution in [2.75, 3.05) is 5.32 Å². The summed E-state index contributed by atoms with van der Waals surface area (Å²) in [4.78, 5) is 10.7. The standard InChI is InChI=1S/C17H24N2O2/c1-13-15(5-4-6-16(13)19(20)21)18-14-7-11-17(12-8-14)9-2-3-10-17/h4-6,14,18H,2-3,7-12H2,1H3. The van der Waals surface area contributed by atoms with Gasteiger partial charge in [0.1, 0.15) is 0 Å². The molecule has 0 amide bonds. The summed E-state index contributed by atoms with van der Waals surface area (Å²) in [5, 5.41) is 14.6. The highest BCUT2D eigenvalue weighted by Gasteiger charge is 2.37. The summed E-state index contributed by atoms with van der Waals surface area (Å²) in [6.07, 6.45) is 10.7. The molecule has 2 aliphatic rings. The Morgan fingerprint density at radius 3 is 2.48 bits per heavy atom. The lowest BCUT2D eigenvalue weighted by molar-refractivity contribution is -0.385. The minimum Gasteiger partial charge on any atom is -0.382 e. The largest absolute Gasteiger partial charge is 0.382 e. The zero-order valence-electron chi connectivity index (χ0n) is 12.7. The van der Waals surface area contributed by atoms with Crippen molar-refractivity contribution in [3.8, 4) is 0 Å². The second-order valence-corrected chi connectivity index (χ2v) is 6.83. The van der Waals surface area contributed by atoms with E-state index in [1.165, 1.54) is 51.4 Å². The molecule has 114 valence electrons. The van der Waals surface area contributed by atoms with Gasteiger partial charge in [0, 0.05) is 23.4 Å². The summed E-state index contributed by atoms with van der Waals surface area (Å²) in [6, 6.07) is 5.78. The second kappa shape index (κ2) is 5.66. The summed E-state index contributed by atoms with van der Waals surface area (Å²) >= 11 is 0. The number of rotatable bonds is 3. The zero-order valence-corrected chi connectivity index (χ0v) is 12.7. The van der Waals surface area contributed by atoms with Crippen LogP contribution in [0.4, 0.5) is 11.4 Å². The summed E-state index contributed by atoms with van der Waals surface area (Å²) in [5.74, 6) is 0. The van der Waals surface area contributed by atoms with Gasteiger partial charge in [0.2, 0.25) is 0 Å². The van der Waals surface area contributed by atoms with Gasteiger partial charge in [-0.25, -0.2) is 0 Å². The zero-order chi connectivity index (χ0) is 14.9. The first-order valence-electron chi connectivity index (χ1n) is 8.10. The molecule has 2 saturated carbocycles. The van der Waals surface area contributed by atoms with Crippen LogP contribution in [0.5, 0.6) is 0 Å². The molecular weight excluding hydrogens is 264 g/mol. The van der Waals surface area contributed by atoms with Crippen molar-refractivity contribution < 1.29 is 4.92 Å². The Balaban J connectivity index is 1.65. The third-order valence-electron chi connectivity index (χ3n) is 5.57. The molecule has 0 radical (unpaired) electrons. The fraction of sp³-hybridized carbons (Fsp3) is 0.647. The fourth-order valence-corrected chi connectivity index (χ4v) is 4.20. The monoisotopic (exact) mass is 288 g/mol. The number of benzene rings is 1. The van der Waals surface area contributed by atoms with Crippen LogP contribution in [0.1, 0.15) is 56.9 Å². The molecule has 1 spiro atoms. The van der Waals surface area contributed by atoms with E-state index in [1.54, 1.807) is 12.1 Å². The van der Waals surface area contributed by atoms with Crippen LogP contribution in [0.25, 0.3) is 0 Å². The Hall–Kier alpha value is -1.58. The first-order chi connectivity index (χ1) is 10.1. The van der Waals surface area contributed by atoms with Crippen LogP contribution in [0.15, 0.2) is 18.2 Å². The van der Waals surface area contributed by atoms with Crippen LogP contribution in [-0.4, -0.2) is 11.0 Å². The van der Waals surface area contributed by atoms with Gasteiger partial charge in [-0.15, -0.1) is 0 Å². The van der Waals surface area contributed by atoms with Gasteiger partial charge >= 0.3 is 0 Å². The molecule has 0 aliphatic heterocycles. The third-order valence-corrected chi connectivity index (χ3v) is 5.57. The van der Waals surface area contributed by atoms with Crippen molar-refractivity contribution in [1.82, 2.24) is 0 Å². The van der Waals surface area contributed by atoms with Crippen molar-refractivity contribution in [2.24, 2.45) is 5.41 Å². The molecule has 1 aromatic rings. The summed E-state index contributed by atoms with van der Waals surface area (Å²) in [7, 11) is 0. The second-order valence-electron chi connectivity index (χ2n) is 6.83. The van der Waals surface area contributed by atoms with Crippen molar-refractivity contribution >= 4 is 11.4 Å². The topological polar surface area (TPSA) is 55.2 Å². The van der Waals surface area contributed by atoms with Crippen LogP contribution in [0.3, 0.4) is 0 Å². The van der Waals surface area contributed by atoms with Crippen LogP contribution in [0.2, 0.25) is 0 Å². The van der Waals surface area contributed by atoms with E-state index < -0.39 is 0 Å². The summed E-state index contributed by atoms with van der Waals surface area (Å²) in [6.45, 7) is 1.84. The van der Waals surface area contributed by atoms with E-state index in [1.807, 2.05) is 13.0 Å². The number of nitrogens with one attached hydrogen (secondary N) is 1. The Bertz CT molecular complexity index is 526. The van der Waals surface area contributed by atoms with Crippen molar-refractivity contribution in [2.45, 2.75) is 64.3 Å². The van der Waals surface area contributed by atoms with Gasteiger partial charge in [-0.3, -0.25) is 10.1 Å². The predicted octanol–water partition coefficient (Wildman–Crippen LogP) is 4.82. The summed E-state index contributed by atoms with van der Waals surface area (Å²) < 4.78 is 0. The summed E-state index contributed by atoms with van der Waals surface area (Å²) in [5.41, 5.74) is 2.53. The highest BCUT2D eigenvalue weighted by Crippen LogP contribution is 2.49. The van der Waals surface area contributed by atoms with E-state index >= 15 is 0 Å². The molecule has 0 heterocycles. The normalized spacial score (nSPS) is 21.6. The maximum Gasteiger partial charge on any atom is 0.274 e. The predicted molar refractivity (Wildman–Crippen MR) is 84.6 cm³/mol. The first kappa shape index (κ1) is 14.4. The molecule has 1 N–H and O–H groups in total. The van der Waals surface area contributed by atoms with E-state index in [-0.39, 0.29) is 10.6 Å². The maximum atomic E-state index is 11.0. The number of nitro benzene ring substituents is 1. The van der Waals surface area contributed by atoms with Gasteiger partial charge in [0.25, 0.3) is 5.69 Å². The van der Waals surface area contributed by atoms with Crippen LogP contribution >= 0.6 is 0 Å². The fourth-order valence-electron chi connectivity index (χ4n) is 4.20. The molecule has 0 unspecified atom stereocenters. The number of nitro groups is 1. The highest BCUT2D eigenvalue weighted by atomic mass is 16.6. The minimum atomic E-state index is -0.297. The van der Waals surface area contributed by atoms with E-state index in [4.69, 9.17) is 0 Å². The first-order valence-corrected chi connectivity index (χ1v) is 8.10. The van der Waals surface area contributed by atoms with Crippen LogP contribution in [0, 0.1) is 22.5 Å². The number of hydrogen-bond donors (Lipinski definition) is 1. The average molecular weight is 288 g/mol. The molecule has 1 aromatic carbocycles. The molecule has 4 nitrogen and oxygen atoms in total. The van der Waals surface area contributed by atoms with Crippen molar-refractivity contribution in [1.29, 1.82) is 0 Å². The van der Waals surface area contributed by atoms with Crippen molar-refractivity contribution in [3.63, 3.8) is 0 Å². The highest BCUT2D eigenvalue weighted by molar-refractivity contribution is 5.60. The molecule has 0 saturated heterocycles.